The maximum atomic E-state index is 11.6. The monoisotopic (exact) mass is 220 g/mol. The van der Waals surface area contributed by atoms with E-state index in [1.807, 2.05) is 0 Å². The summed E-state index contributed by atoms with van der Waals surface area (Å²) in [6, 6.07) is 2.10. The Kier molecular flexibility index (Phi) is 3.73. The average molecular weight is 220 g/mol. The minimum atomic E-state index is 0.300. The summed E-state index contributed by atoms with van der Waals surface area (Å²) in [4.78, 5) is 11.6. The molecule has 1 nitrogen and oxygen atoms in total. The van der Waals surface area contributed by atoms with Crippen LogP contribution in [0.2, 0.25) is 0 Å². The molecular formula is C13H16OS. The Balaban J connectivity index is 1.84. The zero-order chi connectivity index (χ0) is 10.5. The summed E-state index contributed by atoms with van der Waals surface area (Å²) in [6.45, 7) is 0. The first-order valence-electron chi connectivity index (χ1n) is 5.58. The molecule has 0 spiro atoms. The Morgan fingerprint density at radius 3 is 3.13 bits per heavy atom. The van der Waals surface area contributed by atoms with Crippen molar-refractivity contribution in [1.29, 1.82) is 0 Å². The average Bonchev–Trinajstić information content (AvgIpc) is 2.74. The second-order valence-electron chi connectivity index (χ2n) is 4.10. The van der Waals surface area contributed by atoms with Gasteiger partial charge in [-0.2, -0.15) is 11.3 Å². The second kappa shape index (κ2) is 5.26. The third-order valence-electron chi connectivity index (χ3n) is 2.96. The molecule has 1 saturated carbocycles. The van der Waals surface area contributed by atoms with Crippen LogP contribution < -0.4 is 0 Å². The number of ketones is 1. The quantitative estimate of drug-likeness (QED) is 0.754. The molecule has 1 unspecified atom stereocenters. The van der Waals surface area contributed by atoms with Crippen LogP contribution in [0.15, 0.2) is 22.9 Å². The van der Waals surface area contributed by atoms with Crippen LogP contribution in [-0.2, 0) is 4.79 Å². The first-order chi connectivity index (χ1) is 7.36. The lowest BCUT2D eigenvalue weighted by Gasteiger charge is -2.18. The molecule has 2 heteroatoms. The number of hydrogen-bond donors (Lipinski definition) is 0. The lowest BCUT2D eigenvalue weighted by atomic mass is 9.85. The van der Waals surface area contributed by atoms with Crippen molar-refractivity contribution >= 4 is 23.2 Å². The van der Waals surface area contributed by atoms with E-state index in [2.05, 4.69) is 29.0 Å². The van der Waals surface area contributed by atoms with Gasteiger partial charge >= 0.3 is 0 Å². The molecule has 0 radical (unpaired) electrons. The van der Waals surface area contributed by atoms with Crippen LogP contribution >= 0.6 is 11.3 Å². The van der Waals surface area contributed by atoms with Crippen molar-refractivity contribution in [2.45, 2.75) is 32.1 Å². The van der Waals surface area contributed by atoms with Gasteiger partial charge in [-0.25, -0.2) is 0 Å². The Morgan fingerprint density at radius 2 is 2.40 bits per heavy atom. The van der Waals surface area contributed by atoms with Gasteiger partial charge in [0.05, 0.1) is 0 Å². The van der Waals surface area contributed by atoms with Gasteiger partial charge in [0.15, 0.2) is 0 Å². The largest absolute Gasteiger partial charge is 0.299 e. The lowest BCUT2D eigenvalue weighted by molar-refractivity contribution is -0.124. The summed E-state index contributed by atoms with van der Waals surface area (Å²) in [5, 5.41) is 4.20. The topological polar surface area (TPSA) is 17.1 Å². The molecule has 1 aliphatic rings. The molecule has 0 N–H and O–H groups in total. The Morgan fingerprint density at radius 1 is 1.47 bits per heavy atom. The minimum Gasteiger partial charge on any atom is -0.299 e. The van der Waals surface area contributed by atoms with Crippen molar-refractivity contribution in [3.05, 3.63) is 28.5 Å². The summed E-state index contributed by atoms with van der Waals surface area (Å²) in [7, 11) is 0. The maximum Gasteiger partial charge on any atom is 0.136 e. The van der Waals surface area contributed by atoms with Crippen LogP contribution in [0.3, 0.4) is 0 Å². The van der Waals surface area contributed by atoms with Gasteiger partial charge in [0.25, 0.3) is 0 Å². The summed E-state index contributed by atoms with van der Waals surface area (Å²) in [6.07, 6.45) is 9.42. The number of rotatable bonds is 3. The highest BCUT2D eigenvalue weighted by molar-refractivity contribution is 7.08. The van der Waals surface area contributed by atoms with Gasteiger partial charge in [0.2, 0.25) is 0 Å². The molecule has 0 bridgehead atoms. The molecule has 0 saturated heterocycles. The molecule has 1 heterocycles. The van der Waals surface area contributed by atoms with Gasteiger partial charge in [-0.15, -0.1) is 0 Å². The summed E-state index contributed by atoms with van der Waals surface area (Å²) < 4.78 is 0. The zero-order valence-electron chi connectivity index (χ0n) is 8.82. The third kappa shape index (κ3) is 3.03. The zero-order valence-corrected chi connectivity index (χ0v) is 9.63. The summed E-state index contributed by atoms with van der Waals surface area (Å²) >= 11 is 1.71. The van der Waals surface area contributed by atoms with Gasteiger partial charge in [-0.05, 0) is 41.7 Å². The summed E-state index contributed by atoms with van der Waals surface area (Å²) in [5.41, 5.74) is 1.25. The maximum absolute atomic E-state index is 11.6. The van der Waals surface area contributed by atoms with E-state index in [9.17, 15) is 4.79 Å². The van der Waals surface area contributed by atoms with E-state index in [-0.39, 0.29) is 0 Å². The number of allylic oxidation sites excluding steroid dienone is 1. The van der Waals surface area contributed by atoms with Crippen molar-refractivity contribution in [2.75, 3.05) is 0 Å². The van der Waals surface area contributed by atoms with Crippen LogP contribution in [0.5, 0.6) is 0 Å². The molecule has 1 fully saturated rings. The molecule has 15 heavy (non-hydrogen) atoms. The van der Waals surface area contributed by atoms with E-state index in [1.165, 1.54) is 12.0 Å². The molecule has 1 aromatic rings. The van der Waals surface area contributed by atoms with Crippen molar-refractivity contribution < 1.29 is 4.79 Å². The molecule has 0 amide bonds. The van der Waals surface area contributed by atoms with E-state index in [0.29, 0.717) is 11.7 Å². The smallest absolute Gasteiger partial charge is 0.136 e. The number of hydrogen-bond acceptors (Lipinski definition) is 2. The predicted octanol–water partition coefficient (Wildman–Crippen LogP) is 3.91. The first-order valence-corrected chi connectivity index (χ1v) is 6.52. The van der Waals surface area contributed by atoms with E-state index < -0.39 is 0 Å². The van der Waals surface area contributed by atoms with Gasteiger partial charge in [-0.3, -0.25) is 4.79 Å². The van der Waals surface area contributed by atoms with Crippen LogP contribution in [0, 0.1) is 5.92 Å². The molecule has 0 aromatic carbocycles. The Bertz CT molecular complexity index is 337. The number of carbonyl (C=O) groups excluding carboxylic acids is 1. The van der Waals surface area contributed by atoms with Crippen LogP contribution in [-0.4, -0.2) is 5.78 Å². The Hall–Kier alpha value is -0.890. The van der Waals surface area contributed by atoms with Crippen LogP contribution in [0.25, 0.3) is 6.08 Å². The highest BCUT2D eigenvalue weighted by Gasteiger charge is 2.20. The highest BCUT2D eigenvalue weighted by Crippen LogP contribution is 2.24. The van der Waals surface area contributed by atoms with Gasteiger partial charge in [0.1, 0.15) is 5.78 Å². The number of Topliss-reactive ketones (excluding diaryl/α,β-unsaturated/α-hetero) is 1. The molecule has 1 aromatic heterocycles. The van der Waals surface area contributed by atoms with Crippen LogP contribution in [0.1, 0.15) is 37.7 Å². The van der Waals surface area contributed by atoms with Crippen molar-refractivity contribution in [3.63, 3.8) is 0 Å². The second-order valence-corrected chi connectivity index (χ2v) is 4.88. The number of thiophene rings is 1. The molecular weight excluding hydrogens is 204 g/mol. The van der Waals surface area contributed by atoms with Crippen molar-refractivity contribution in [1.82, 2.24) is 0 Å². The molecule has 80 valence electrons. The fourth-order valence-electron chi connectivity index (χ4n) is 2.04. The SMILES string of the molecule is O=C1CCCCC1C/C=C/c1ccsc1. The van der Waals surface area contributed by atoms with Crippen LogP contribution in [0.4, 0.5) is 0 Å². The van der Waals surface area contributed by atoms with Gasteiger partial charge in [0, 0.05) is 12.3 Å². The molecule has 1 atom stereocenters. The van der Waals surface area contributed by atoms with E-state index in [4.69, 9.17) is 0 Å². The number of carbonyl (C=O) groups is 1. The normalized spacial score (nSPS) is 22.4. The van der Waals surface area contributed by atoms with E-state index >= 15 is 0 Å². The minimum absolute atomic E-state index is 0.300. The van der Waals surface area contributed by atoms with Crippen molar-refractivity contribution in [3.8, 4) is 0 Å². The fourth-order valence-corrected chi connectivity index (χ4v) is 2.67. The Labute approximate surface area is 94.8 Å². The standard InChI is InChI=1S/C13H16OS/c14-13-7-2-1-5-12(13)6-3-4-11-8-9-15-10-11/h3-4,8-10,12H,1-2,5-7H2/b4-3+. The first kappa shape index (κ1) is 10.6. The third-order valence-corrected chi connectivity index (χ3v) is 3.66. The van der Waals surface area contributed by atoms with E-state index in [0.717, 1.165) is 25.7 Å². The molecule has 2 rings (SSSR count). The molecule has 0 aliphatic heterocycles. The van der Waals surface area contributed by atoms with Gasteiger partial charge < -0.3 is 0 Å². The molecule has 1 aliphatic carbocycles. The van der Waals surface area contributed by atoms with Gasteiger partial charge in [-0.1, -0.05) is 18.6 Å². The van der Waals surface area contributed by atoms with E-state index in [1.54, 1.807) is 11.3 Å². The highest BCUT2D eigenvalue weighted by atomic mass is 32.1. The summed E-state index contributed by atoms with van der Waals surface area (Å²) in [5.74, 6) is 0.768. The van der Waals surface area contributed by atoms with Crippen molar-refractivity contribution in [2.24, 2.45) is 5.92 Å². The fraction of sp³-hybridized carbons (Fsp3) is 0.462. The lowest BCUT2D eigenvalue weighted by Crippen LogP contribution is -2.17. The predicted molar refractivity (Wildman–Crippen MR) is 64.9 cm³/mol.